The summed E-state index contributed by atoms with van der Waals surface area (Å²) in [6.07, 6.45) is -0.868. The van der Waals surface area contributed by atoms with Gasteiger partial charge >= 0.3 is 11.9 Å². The molecule has 2 aromatic carbocycles. The van der Waals surface area contributed by atoms with Gasteiger partial charge in [0.25, 0.3) is 0 Å². The molecule has 0 radical (unpaired) electrons. The van der Waals surface area contributed by atoms with Crippen molar-refractivity contribution >= 4 is 18.0 Å². The first kappa shape index (κ1) is 24.4. The van der Waals surface area contributed by atoms with E-state index in [1.165, 1.54) is 18.2 Å². The molecule has 8 heteroatoms. The highest BCUT2D eigenvalue weighted by Crippen LogP contribution is 2.35. The number of phenolic OH excluding ortho intramolecular Hbond substituents is 1. The van der Waals surface area contributed by atoms with Gasteiger partial charge in [-0.2, -0.15) is 0 Å². The van der Waals surface area contributed by atoms with Crippen molar-refractivity contribution in [3.63, 3.8) is 0 Å². The van der Waals surface area contributed by atoms with Crippen LogP contribution >= 0.6 is 0 Å². The van der Waals surface area contributed by atoms with Crippen LogP contribution in [0.15, 0.2) is 60.7 Å². The van der Waals surface area contributed by atoms with Crippen molar-refractivity contribution in [3.8, 4) is 5.75 Å². The predicted octanol–water partition coefficient (Wildman–Crippen LogP) is 2.31. The normalized spacial score (nSPS) is 25.1. The van der Waals surface area contributed by atoms with Crippen LogP contribution < -0.4 is 0 Å². The minimum absolute atomic E-state index is 0.0859. The fourth-order valence-corrected chi connectivity index (χ4v) is 3.83. The number of ether oxygens (including phenoxy) is 2. The SMILES string of the molecule is O=C(/C=C/c1ccc(O)cc1)O[C@@H]1C[C@](OCCCc2ccccc2)(C(=O)O)C[C@@H](O)[C@H]1O. The van der Waals surface area contributed by atoms with Gasteiger partial charge in [0.2, 0.25) is 0 Å². The van der Waals surface area contributed by atoms with Gasteiger partial charge in [0.15, 0.2) is 5.60 Å². The number of aliphatic hydroxyl groups is 2. The molecular weight excluding hydrogens is 428 g/mol. The van der Waals surface area contributed by atoms with Crippen molar-refractivity contribution in [2.45, 2.75) is 49.6 Å². The maximum atomic E-state index is 12.3. The van der Waals surface area contributed by atoms with Gasteiger partial charge in [-0.25, -0.2) is 9.59 Å². The molecule has 176 valence electrons. The van der Waals surface area contributed by atoms with Gasteiger partial charge in [-0.05, 0) is 42.2 Å². The van der Waals surface area contributed by atoms with E-state index >= 15 is 0 Å². The molecule has 2 aromatic rings. The number of aryl methyl sites for hydroxylation is 1. The molecule has 4 N–H and O–H groups in total. The Balaban J connectivity index is 1.61. The molecule has 0 aliphatic heterocycles. The summed E-state index contributed by atoms with van der Waals surface area (Å²) in [6.45, 7) is 0.130. The van der Waals surface area contributed by atoms with Crippen molar-refractivity contribution in [1.82, 2.24) is 0 Å². The summed E-state index contributed by atoms with van der Waals surface area (Å²) in [7, 11) is 0. The molecular formula is C25H28O8. The van der Waals surface area contributed by atoms with Crippen molar-refractivity contribution in [3.05, 3.63) is 71.8 Å². The van der Waals surface area contributed by atoms with Crippen molar-refractivity contribution in [2.24, 2.45) is 0 Å². The molecule has 0 aromatic heterocycles. The summed E-state index contributed by atoms with van der Waals surface area (Å²) in [5.74, 6) is -2.00. The highest BCUT2D eigenvalue weighted by Gasteiger charge is 2.52. The number of benzene rings is 2. The number of aliphatic hydroxyl groups excluding tert-OH is 2. The fourth-order valence-electron chi connectivity index (χ4n) is 3.83. The third kappa shape index (κ3) is 6.64. The number of phenols is 1. The first-order chi connectivity index (χ1) is 15.8. The standard InChI is InChI=1S/C25H28O8/c26-19-11-8-18(9-12-19)10-13-22(28)33-21-16-25(24(30)31,15-20(27)23(21)29)32-14-4-7-17-5-2-1-3-6-17/h1-3,5-6,8-13,20-21,23,26-27,29H,4,7,14-16H2,(H,30,31)/b13-10+/t20-,21-,23-,25+/m1/s1. The van der Waals surface area contributed by atoms with Crippen LogP contribution in [0.2, 0.25) is 0 Å². The Kier molecular flexibility index (Phi) is 8.21. The van der Waals surface area contributed by atoms with E-state index in [4.69, 9.17) is 9.47 Å². The number of aromatic hydroxyl groups is 1. The van der Waals surface area contributed by atoms with E-state index in [9.17, 15) is 30.0 Å². The van der Waals surface area contributed by atoms with E-state index in [0.717, 1.165) is 11.6 Å². The van der Waals surface area contributed by atoms with Crippen molar-refractivity contribution < 1.29 is 39.5 Å². The predicted molar refractivity (Wildman–Crippen MR) is 119 cm³/mol. The minimum Gasteiger partial charge on any atom is -0.508 e. The Morgan fingerprint density at radius 1 is 1.03 bits per heavy atom. The van der Waals surface area contributed by atoms with E-state index in [2.05, 4.69) is 0 Å². The maximum absolute atomic E-state index is 12.3. The van der Waals surface area contributed by atoms with Crippen LogP contribution in [0.5, 0.6) is 5.75 Å². The topological polar surface area (TPSA) is 134 Å². The Morgan fingerprint density at radius 2 is 1.73 bits per heavy atom. The lowest BCUT2D eigenvalue weighted by Gasteiger charge is -2.41. The number of hydrogen-bond donors (Lipinski definition) is 4. The highest BCUT2D eigenvalue weighted by molar-refractivity contribution is 5.87. The van der Waals surface area contributed by atoms with Crippen molar-refractivity contribution in [2.75, 3.05) is 6.61 Å². The summed E-state index contributed by atoms with van der Waals surface area (Å²) in [5.41, 5.74) is -0.0478. The van der Waals surface area contributed by atoms with E-state index in [0.29, 0.717) is 18.4 Å². The van der Waals surface area contributed by atoms with Gasteiger partial charge in [0.1, 0.15) is 18.0 Å². The van der Waals surface area contributed by atoms with E-state index in [1.54, 1.807) is 12.1 Å². The lowest BCUT2D eigenvalue weighted by atomic mass is 9.79. The van der Waals surface area contributed by atoms with Crippen LogP contribution in [0.3, 0.4) is 0 Å². The third-order valence-corrected chi connectivity index (χ3v) is 5.64. The molecule has 1 aliphatic carbocycles. The van der Waals surface area contributed by atoms with Crippen LogP contribution in [-0.2, 0) is 25.5 Å². The zero-order chi connectivity index (χ0) is 23.8. The molecule has 0 bridgehead atoms. The lowest BCUT2D eigenvalue weighted by molar-refractivity contribution is -0.207. The molecule has 0 unspecified atom stereocenters. The zero-order valence-electron chi connectivity index (χ0n) is 18.0. The average molecular weight is 456 g/mol. The van der Waals surface area contributed by atoms with Crippen molar-refractivity contribution in [1.29, 1.82) is 0 Å². The number of aliphatic carboxylic acids is 1. The second kappa shape index (κ2) is 11.1. The Morgan fingerprint density at radius 3 is 2.39 bits per heavy atom. The number of rotatable bonds is 9. The Bertz CT molecular complexity index is 956. The fraction of sp³-hybridized carbons (Fsp3) is 0.360. The summed E-state index contributed by atoms with van der Waals surface area (Å²) >= 11 is 0. The number of carboxylic acid groups (broad SMARTS) is 1. The van der Waals surface area contributed by atoms with Gasteiger partial charge in [-0.15, -0.1) is 0 Å². The van der Waals surface area contributed by atoms with Crippen LogP contribution in [0.25, 0.3) is 6.08 Å². The van der Waals surface area contributed by atoms with Crippen LogP contribution in [0.1, 0.15) is 30.4 Å². The number of carbonyl (C=O) groups is 2. The van der Waals surface area contributed by atoms with Crippen LogP contribution in [-0.4, -0.2) is 62.9 Å². The molecule has 3 rings (SSSR count). The lowest BCUT2D eigenvalue weighted by Crippen LogP contribution is -2.58. The second-order valence-electron chi connectivity index (χ2n) is 8.10. The molecule has 1 aliphatic rings. The number of carbonyl (C=O) groups excluding carboxylic acids is 1. The van der Waals surface area contributed by atoms with Gasteiger partial charge in [0.05, 0.1) is 6.10 Å². The first-order valence-corrected chi connectivity index (χ1v) is 10.7. The summed E-state index contributed by atoms with van der Waals surface area (Å²) in [4.78, 5) is 24.3. The smallest absolute Gasteiger partial charge is 0.336 e. The molecule has 0 spiro atoms. The molecule has 0 amide bonds. The molecule has 1 saturated carbocycles. The Labute approximate surface area is 191 Å². The minimum atomic E-state index is -1.78. The zero-order valence-corrected chi connectivity index (χ0v) is 18.0. The van der Waals surface area contributed by atoms with E-state index in [1.807, 2.05) is 30.3 Å². The van der Waals surface area contributed by atoms with Gasteiger partial charge in [-0.1, -0.05) is 42.5 Å². The molecule has 33 heavy (non-hydrogen) atoms. The largest absolute Gasteiger partial charge is 0.508 e. The molecule has 1 fully saturated rings. The molecule has 0 heterocycles. The van der Waals surface area contributed by atoms with Gasteiger partial charge < -0.3 is 29.9 Å². The number of hydrogen-bond acceptors (Lipinski definition) is 7. The molecule has 4 atom stereocenters. The maximum Gasteiger partial charge on any atom is 0.336 e. The first-order valence-electron chi connectivity index (χ1n) is 10.7. The highest BCUT2D eigenvalue weighted by atomic mass is 16.6. The van der Waals surface area contributed by atoms with Gasteiger partial charge in [-0.3, -0.25) is 0 Å². The summed E-state index contributed by atoms with van der Waals surface area (Å²) < 4.78 is 11.0. The second-order valence-corrected chi connectivity index (χ2v) is 8.10. The van der Waals surface area contributed by atoms with Gasteiger partial charge in [0, 0.05) is 25.5 Å². The number of esters is 1. The average Bonchev–Trinajstić information content (AvgIpc) is 2.80. The van der Waals surface area contributed by atoms with Crippen LogP contribution in [0.4, 0.5) is 0 Å². The Hall–Kier alpha value is -3.20. The number of carboxylic acids is 1. The summed E-state index contributed by atoms with van der Waals surface area (Å²) in [5, 5.41) is 39.7. The third-order valence-electron chi connectivity index (χ3n) is 5.64. The van der Waals surface area contributed by atoms with E-state index in [-0.39, 0.29) is 25.2 Å². The summed E-state index contributed by atoms with van der Waals surface area (Å²) in [6, 6.07) is 15.8. The quantitative estimate of drug-likeness (QED) is 0.257. The monoisotopic (exact) mass is 456 g/mol. The molecule has 0 saturated heterocycles. The van der Waals surface area contributed by atoms with Crippen LogP contribution in [0, 0.1) is 0 Å². The molecule has 8 nitrogen and oxygen atoms in total. The van der Waals surface area contributed by atoms with E-state index < -0.39 is 35.9 Å².